The zero-order valence-electron chi connectivity index (χ0n) is 14.9. The highest BCUT2D eigenvalue weighted by molar-refractivity contribution is 7.15. The van der Waals surface area contributed by atoms with Crippen LogP contribution in [0.4, 0.5) is 0 Å². The Labute approximate surface area is 156 Å². The predicted octanol–water partition coefficient (Wildman–Crippen LogP) is 4.07. The molecule has 1 N–H and O–H groups in total. The zero-order valence-corrected chi connectivity index (χ0v) is 15.7. The van der Waals surface area contributed by atoms with Crippen molar-refractivity contribution in [3.05, 3.63) is 64.7 Å². The fraction of sp³-hybridized carbons (Fsp3) is 0.200. The van der Waals surface area contributed by atoms with Crippen molar-refractivity contribution < 1.29 is 14.3 Å². The second kappa shape index (κ2) is 8.01. The van der Waals surface area contributed by atoms with E-state index in [1.165, 1.54) is 0 Å². The van der Waals surface area contributed by atoms with Gasteiger partial charge in [-0.15, -0.1) is 11.3 Å². The van der Waals surface area contributed by atoms with Crippen molar-refractivity contribution in [3.8, 4) is 22.1 Å². The molecule has 134 valence electrons. The molecule has 0 aliphatic rings. The minimum Gasteiger partial charge on any atom is -0.493 e. The van der Waals surface area contributed by atoms with E-state index in [-0.39, 0.29) is 5.91 Å². The van der Waals surface area contributed by atoms with Crippen LogP contribution in [-0.4, -0.2) is 25.1 Å². The largest absolute Gasteiger partial charge is 0.493 e. The number of hydrogen-bond acceptors (Lipinski definition) is 5. The normalized spacial score (nSPS) is 10.4. The molecule has 0 aliphatic carbocycles. The molecule has 0 spiro atoms. The second-order valence-electron chi connectivity index (χ2n) is 5.65. The molecule has 0 saturated carbocycles. The number of carbonyl (C=O) groups excluding carboxylic acids is 1. The number of aryl methyl sites for hydroxylation is 1. The standard InChI is InChI=1S/C20H20N2O3S/c1-13-18(26-20(22-13)14-7-5-4-6-8-14)12-21-19(23)15-9-10-16(24-2)17(11-15)25-3/h4-11H,12H2,1-3H3,(H,21,23). The van der Waals surface area contributed by atoms with Crippen LogP contribution in [0.1, 0.15) is 20.9 Å². The predicted molar refractivity (Wildman–Crippen MR) is 103 cm³/mol. The van der Waals surface area contributed by atoms with Crippen LogP contribution in [0.25, 0.3) is 10.6 Å². The summed E-state index contributed by atoms with van der Waals surface area (Å²) in [5.74, 6) is 0.954. The highest BCUT2D eigenvalue weighted by Crippen LogP contribution is 2.29. The number of hydrogen-bond donors (Lipinski definition) is 1. The van der Waals surface area contributed by atoms with Gasteiger partial charge in [-0.25, -0.2) is 4.98 Å². The monoisotopic (exact) mass is 368 g/mol. The molecule has 0 fully saturated rings. The average Bonchev–Trinajstić information content (AvgIpc) is 3.06. The molecule has 26 heavy (non-hydrogen) atoms. The third-order valence-electron chi connectivity index (χ3n) is 3.97. The first-order valence-corrected chi connectivity index (χ1v) is 8.96. The Morgan fingerprint density at radius 1 is 1.08 bits per heavy atom. The van der Waals surface area contributed by atoms with Gasteiger partial charge in [0.05, 0.1) is 26.5 Å². The molecule has 6 heteroatoms. The van der Waals surface area contributed by atoms with E-state index in [1.54, 1.807) is 43.8 Å². The number of benzene rings is 2. The number of rotatable bonds is 6. The maximum atomic E-state index is 12.5. The number of carbonyl (C=O) groups is 1. The topological polar surface area (TPSA) is 60.5 Å². The van der Waals surface area contributed by atoms with Crippen LogP contribution in [0.3, 0.4) is 0 Å². The van der Waals surface area contributed by atoms with E-state index in [1.807, 2.05) is 37.3 Å². The summed E-state index contributed by atoms with van der Waals surface area (Å²) in [6.07, 6.45) is 0. The average molecular weight is 368 g/mol. The van der Waals surface area contributed by atoms with Gasteiger partial charge in [-0.3, -0.25) is 4.79 Å². The van der Waals surface area contributed by atoms with Crippen molar-refractivity contribution in [3.63, 3.8) is 0 Å². The summed E-state index contributed by atoms with van der Waals surface area (Å²) in [7, 11) is 3.11. The fourth-order valence-corrected chi connectivity index (χ4v) is 3.54. The molecular weight excluding hydrogens is 348 g/mol. The molecule has 1 amide bonds. The van der Waals surface area contributed by atoms with Gasteiger partial charge in [0, 0.05) is 16.0 Å². The summed E-state index contributed by atoms with van der Waals surface area (Å²) < 4.78 is 10.4. The zero-order chi connectivity index (χ0) is 18.5. The maximum absolute atomic E-state index is 12.5. The molecule has 0 saturated heterocycles. The van der Waals surface area contributed by atoms with Crippen LogP contribution in [-0.2, 0) is 6.54 Å². The second-order valence-corrected chi connectivity index (χ2v) is 6.73. The van der Waals surface area contributed by atoms with Crippen LogP contribution >= 0.6 is 11.3 Å². The van der Waals surface area contributed by atoms with Crippen molar-refractivity contribution in [2.24, 2.45) is 0 Å². The maximum Gasteiger partial charge on any atom is 0.251 e. The van der Waals surface area contributed by atoms with E-state index < -0.39 is 0 Å². The van der Waals surface area contributed by atoms with Gasteiger partial charge in [0.25, 0.3) is 5.91 Å². The number of nitrogens with zero attached hydrogens (tertiary/aromatic N) is 1. The number of thiazole rings is 1. The summed E-state index contributed by atoms with van der Waals surface area (Å²) in [4.78, 5) is 18.1. The highest BCUT2D eigenvalue weighted by atomic mass is 32.1. The third kappa shape index (κ3) is 3.86. The van der Waals surface area contributed by atoms with Gasteiger partial charge in [-0.1, -0.05) is 30.3 Å². The Kier molecular flexibility index (Phi) is 5.53. The summed E-state index contributed by atoms with van der Waals surface area (Å²) in [5.41, 5.74) is 2.53. The highest BCUT2D eigenvalue weighted by Gasteiger charge is 2.13. The number of amides is 1. The Morgan fingerprint density at radius 2 is 1.81 bits per heavy atom. The van der Waals surface area contributed by atoms with Gasteiger partial charge in [0.2, 0.25) is 0 Å². The molecule has 0 bridgehead atoms. The van der Waals surface area contributed by atoms with Crippen molar-refractivity contribution >= 4 is 17.2 Å². The van der Waals surface area contributed by atoms with Crippen molar-refractivity contribution in [1.82, 2.24) is 10.3 Å². The summed E-state index contributed by atoms with van der Waals surface area (Å²) in [6, 6.07) is 15.1. The van der Waals surface area contributed by atoms with Gasteiger partial charge in [-0.05, 0) is 25.1 Å². The number of methoxy groups -OCH3 is 2. The van der Waals surface area contributed by atoms with Crippen LogP contribution in [0.2, 0.25) is 0 Å². The van der Waals surface area contributed by atoms with E-state index >= 15 is 0 Å². The number of aromatic nitrogens is 1. The third-order valence-corrected chi connectivity index (χ3v) is 5.18. The van der Waals surface area contributed by atoms with Gasteiger partial charge >= 0.3 is 0 Å². The smallest absolute Gasteiger partial charge is 0.251 e. The first-order chi connectivity index (χ1) is 12.6. The lowest BCUT2D eigenvalue weighted by atomic mass is 10.2. The summed E-state index contributed by atoms with van der Waals surface area (Å²) in [6.45, 7) is 2.39. The van der Waals surface area contributed by atoms with E-state index in [0.717, 1.165) is 21.1 Å². The Morgan fingerprint density at radius 3 is 2.50 bits per heavy atom. The lowest BCUT2D eigenvalue weighted by molar-refractivity contribution is 0.0951. The first-order valence-electron chi connectivity index (χ1n) is 8.14. The van der Waals surface area contributed by atoms with Gasteiger partial charge in [-0.2, -0.15) is 0 Å². The van der Waals surface area contributed by atoms with Crippen LogP contribution in [0.15, 0.2) is 48.5 Å². The SMILES string of the molecule is COc1ccc(C(=O)NCc2sc(-c3ccccc3)nc2C)cc1OC. The van der Waals surface area contributed by atoms with Crippen LogP contribution in [0.5, 0.6) is 11.5 Å². The molecule has 5 nitrogen and oxygen atoms in total. The van der Waals surface area contributed by atoms with Crippen LogP contribution < -0.4 is 14.8 Å². The van der Waals surface area contributed by atoms with Gasteiger partial charge in [0.15, 0.2) is 11.5 Å². The number of ether oxygens (including phenoxy) is 2. The van der Waals surface area contributed by atoms with Gasteiger partial charge < -0.3 is 14.8 Å². The lowest BCUT2D eigenvalue weighted by Crippen LogP contribution is -2.22. The fourth-order valence-electron chi connectivity index (χ4n) is 2.54. The Hall–Kier alpha value is -2.86. The molecule has 0 radical (unpaired) electrons. The minimum absolute atomic E-state index is 0.167. The van der Waals surface area contributed by atoms with E-state index in [0.29, 0.717) is 23.6 Å². The van der Waals surface area contributed by atoms with E-state index in [4.69, 9.17) is 9.47 Å². The van der Waals surface area contributed by atoms with Crippen LogP contribution in [0, 0.1) is 6.92 Å². The molecule has 0 unspecified atom stereocenters. The summed E-state index contributed by atoms with van der Waals surface area (Å²) in [5, 5.41) is 3.90. The molecule has 1 aromatic heterocycles. The first kappa shape index (κ1) is 17.9. The minimum atomic E-state index is -0.167. The molecule has 0 atom stereocenters. The Balaban J connectivity index is 1.71. The van der Waals surface area contributed by atoms with Crippen molar-refractivity contribution in [2.45, 2.75) is 13.5 Å². The molecule has 3 rings (SSSR count). The number of nitrogens with one attached hydrogen (secondary N) is 1. The molecule has 1 heterocycles. The molecule has 0 aliphatic heterocycles. The van der Waals surface area contributed by atoms with E-state index in [2.05, 4.69) is 10.3 Å². The molecule has 2 aromatic carbocycles. The quantitative estimate of drug-likeness (QED) is 0.713. The molecular formula is C20H20N2O3S. The lowest BCUT2D eigenvalue weighted by Gasteiger charge is -2.09. The van der Waals surface area contributed by atoms with E-state index in [9.17, 15) is 4.79 Å². The molecule has 3 aromatic rings. The van der Waals surface area contributed by atoms with Gasteiger partial charge in [0.1, 0.15) is 5.01 Å². The van der Waals surface area contributed by atoms with Crippen molar-refractivity contribution in [2.75, 3.05) is 14.2 Å². The Bertz CT molecular complexity index is 907. The van der Waals surface area contributed by atoms with Crippen molar-refractivity contribution in [1.29, 1.82) is 0 Å². The summed E-state index contributed by atoms with van der Waals surface area (Å²) >= 11 is 1.59.